The predicted molar refractivity (Wildman–Crippen MR) is 79.2 cm³/mol. The summed E-state index contributed by atoms with van der Waals surface area (Å²) in [6.07, 6.45) is 0. The first-order valence-electron chi connectivity index (χ1n) is 6.32. The number of nitrogens with one attached hydrogen (secondary N) is 1. The van der Waals surface area contributed by atoms with E-state index in [1.807, 2.05) is 6.07 Å². The molecule has 1 aromatic heterocycles. The third kappa shape index (κ3) is 3.28. The van der Waals surface area contributed by atoms with Gasteiger partial charge in [0.2, 0.25) is 0 Å². The molecule has 0 saturated carbocycles. The van der Waals surface area contributed by atoms with E-state index in [4.69, 9.17) is 0 Å². The molecule has 0 spiro atoms. The van der Waals surface area contributed by atoms with Crippen LogP contribution >= 0.6 is 11.3 Å². The molecule has 2 unspecified atom stereocenters. The van der Waals surface area contributed by atoms with E-state index in [0.29, 0.717) is 12.1 Å². The molecule has 18 heavy (non-hydrogen) atoms. The molecule has 2 atom stereocenters. The number of likely N-dealkylation sites (N-methyl/N-ethyl adjacent to an activating group) is 1. The fourth-order valence-corrected chi connectivity index (χ4v) is 3.15. The second-order valence-corrected chi connectivity index (χ2v) is 6.13. The number of para-hydroxylation sites is 1. The summed E-state index contributed by atoms with van der Waals surface area (Å²) >= 11 is 1.78. The van der Waals surface area contributed by atoms with Crippen LogP contribution in [0.25, 0.3) is 10.2 Å². The maximum Gasteiger partial charge on any atom is 0.111 e. The molecule has 0 amide bonds. The Labute approximate surface area is 113 Å². The Morgan fingerprint density at radius 3 is 2.67 bits per heavy atom. The van der Waals surface area contributed by atoms with Gasteiger partial charge in [-0.1, -0.05) is 12.1 Å². The van der Waals surface area contributed by atoms with Crippen LogP contribution in [0.4, 0.5) is 0 Å². The van der Waals surface area contributed by atoms with Gasteiger partial charge in [-0.25, -0.2) is 4.98 Å². The van der Waals surface area contributed by atoms with Crippen molar-refractivity contribution in [3.63, 3.8) is 0 Å². The lowest BCUT2D eigenvalue weighted by Gasteiger charge is -2.21. The first-order valence-corrected chi connectivity index (χ1v) is 7.14. The minimum atomic E-state index is 0.303. The van der Waals surface area contributed by atoms with E-state index in [2.05, 4.69) is 61.3 Å². The molecule has 4 heteroatoms. The lowest BCUT2D eigenvalue weighted by molar-refractivity contribution is 0.334. The molecule has 2 aromatic rings. The lowest BCUT2D eigenvalue weighted by Crippen LogP contribution is -2.37. The number of nitrogens with zero attached hydrogens (tertiary/aromatic N) is 2. The van der Waals surface area contributed by atoms with Crippen LogP contribution in [0, 0.1) is 0 Å². The molecule has 1 aromatic carbocycles. The fraction of sp³-hybridized carbons (Fsp3) is 0.500. The summed E-state index contributed by atoms with van der Waals surface area (Å²) in [5, 5.41) is 4.76. The molecule has 98 valence electrons. The number of hydrogen-bond donors (Lipinski definition) is 1. The summed E-state index contributed by atoms with van der Waals surface area (Å²) in [7, 11) is 4.20. The highest BCUT2D eigenvalue weighted by molar-refractivity contribution is 7.18. The van der Waals surface area contributed by atoms with Gasteiger partial charge in [-0.2, -0.15) is 0 Å². The van der Waals surface area contributed by atoms with Gasteiger partial charge in [-0.05, 0) is 40.1 Å². The summed E-state index contributed by atoms with van der Waals surface area (Å²) in [4.78, 5) is 6.88. The molecule has 0 bridgehead atoms. The summed E-state index contributed by atoms with van der Waals surface area (Å²) in [5.41, 5.74) is 1.10. The average Bonchev–Trinajstić information content (AvgIpc) is 2.71. The second-order valence-electron chi connectivity index (χ2n) is 5.07. The van der Waals surface area contributed by atoms with Gasteiger partial charge in [0.15, 0.2) is 0 Å². The summed E-state index contributed by atoms with van der Waals surface area (Å²) < 4.78 is 1.27. The van der Waals surface area contributed by atoms with E-state index in [-0.39, 0.29) is 0 Å². The van der Waals surface area contributed by atoms with Gasteiger partial charge < -0.3 is 10.2 Å². The van der Waals surface area contributed by atoms with E-state index in [0.717, 1.165) is 12.1 Å². The van der Waals surface area contributed by atoms with E-state index in [1.165, 1.54) is 9.71 Å². The molecule has 0 aliphatic heterocycles. The first-order chi connectivity index (χ1) is 8.56. The molecule has 3 nitrogen and oxygen atoms in total. The van der Waals surface area contributed by atoms with Crippen molar-refractivity contribution in [1.82, 2.24) is 15.2 Å². The van der Waals surface area contributed by atoms with Gasteiger partial charge in [-0.15, -0.1) is 11.3 Å². The number of hydrogen-bond acceptors (Lipinski definition) is 4. The number of fused-ring (bicyclic) bond motifs is 1. The molecule has 1 heterocycles. The summed E-state index contributed by atoms with van der Waals surface area (Å²) in [5.74, 6) is 0. The van der Waals surface area contributed by atoms with Gasteiger partial charge in [0, 0.05) is 12.6 Å². The fourth-order valence-electron chi connectivity index (χ4n) is 2.17. The smallest absolute Gasteiger partial charge is 0.111 e. The average molecular weight is 263 g/mol. The van der Waals surface area contributed by atoms with Gasteiger partial charge in [-0.3, -0.25) is 0 Å². The maximum atomic E-state index is 4.69. The summed E-state index contributed by atoms with van der Waals surface area (Å²) in [6.45, 7) is 5.43. The quantitative estimate of drug-likeness (QED) is 0.899. The third-order valence-corrected chi connectivity index (χ3v) is 4.07. The van der Waals surface area contributed by atoms with Gasteiger partial charge >= 0.3 is 0 Å². The molecule has 0 saturated heterocycles. The Morgan fingerprint density at radius 2 is 2.00 bits per heavy atom. The van der Waals surface area contributed by atoms with E-state index >= 15 is 0 Å². The normalized spacial score (nSPS) is 15.2. The van der Waals surface area contributed by atoms with E-state index in [9.17, 15) is 0 Å². The zero-order valence-corrected chi connectivity index (χ0v) is 12.3. The van der Waals surface area contributed by atoms with Crippen LogP contribution in [0.15, 0.2) is 24.3 Å². The second kappa shape index (κ2) is 5.78. The molecule has 2 rings (SSSR count). The molecule has 0 aliphatic rings. The van der Waals surface area contributed by atoms with Gasteiger partial charge in [0.1, 0.15) is 5.01 Å². The van der Waals surface area contributed by atoms with Crippen LogP contribution in [-0.4, -0.2) is 36.6 Å². The third-order valence-electron chi connectivity index (χ3n) is 2.85. The van der Waals surface area contributed by atoms with E-state index < -0.39 is 0 Å². The monoisotopic (exact) mass is 263 g/mol. The van der Waals surface area contributed by atoms with Crippen LogP contribution in [0.5, 0.6) is 0 Å². The maximum absolute atomic E-state index is 4.69. The molecule has 0 fully saturated rings. The van der Waals surface area contributed by atoms with Crippen molar-refractivity contribution in [3.8, 4) is 0 Å². The van der Waals surface area contributed by atoms with Crippen LogP contribution in [0.1, 0.15) is 24.9 Å². The number of rotatable bonds is 5. The van der Waals surface area contributed by atoms with Crippen molar-refractivity contribution in [2.24, 2.45) is 0 Å². The van der Waals surface area contributed by atoms with Crippen molar-refractivity contribution in [1.29, 1.82) is 0 Å². The predicted octanol–water partition coefficient (Wildman–Crippen LogP) is 2.90. The summed E-state index contributed by atoms with van der Waals surface area (Å²) in [6, 6.07) is 9.08. The number of thiazole rings is 1. The SMILES string of the molecule is CC(CN(C)C)NC(C)c1nc2ccccc2s1. The Hall–Kier alpha value is -0.970. The van der Waals surface area contributed by atoms with Crippen molar-refractivity contribution in [2.45, 2.75) is 25.9 Å². The molecule has 0 aliphatic carbocycles. The van der Waals surface area contributed by atoms with Crippen molar-refractivity contribution >= 4 is 21.6 Å². The Balaban J connectivity index is 2.06. The van der Waals surface area contributed by atoms with E-state index in [1.54, 1.807) is 11.3 Å². The first kappa shape index (κ1) is 13.5. The van der Waals surface area contributed by atoms with Gasteiger partial charge in [0.25, 0.3) is 0 Å². The van der Waals surface area contributed by atoms with Crippen molar-refractivity contribution in [2.75, 3.05) is 20.6 Å². The Bertz CT molecular complexity index is 473. The van der Waals surface area contributed by atoms with Crippen LogP contribution in [-0.2, 0) is 0 Å². The van der Waals surface area contributed by atoms with Crippen molar-refractivity contribution in [3.05, 3.63) is 29.3 Å². The number of benzene rings is 1. The topological polar surface area (TPSA) is 28.2 Å². The standard InChI is InChI=1S/C14H21N3S/c1-10(9-17(3)4)15-11(2)14-16-12-7-5-6-8-13(12)18-14/h5-8,10-11,15H,9H2,1-4H3. The van der Waals surface area contributed by atoms with Gasteiger partial charge in [0.05, 0.1) is 16.3 Å². The van der Waals surface area contributed by atoms with Crippen LogP contribution in [0.3, 0.4) is 0 Å². The molecular weight excluding hydrogens is 242 g/mol. The molecule has 1 N–H and O–H groups in total. The minimum absolute atomic E-state index is 0.303. The largest absolute Gasteiger partial charge is 0.308 e. The molecular formula is C14H21N3S. The Morgan fingerprint density at radius 1 is 1.28 bits per heavy atom. The minimum Gasteiger partial charge on any atom is -0.308 e. The highest BCUT2D eigenvalue weighted by Gasteiger charge is 2.14. The zero-order valence-electron chi connectivity index (χ0n) is 11.5. The molecule has 0 radical (unpaired) electrons. The number of aromatic nitrogens is 1. The Kier molecular flexibility index (Phi) is 4.32. The van der Waals surface area contributed by atoms with Crippen LogP contribution < -0.4 is 5.32 Å². The highest BCUT2D eigenvalue weighted by atomic mass is 32.1. The van der Waals surface area contributed by atoms with Crippen LogP contribution in [0.2, 0.25) is 0 Å². The lowest BCUT2D eigenvalue weighted by atomic mass is 10.2. The highest BCUT2D eigenvalue weighted by Crippen LogP contribution is 2.26. The van der Waals surface area contributed by atoms with Crippen molar-refractivity contribution < 1.29 is 0 Å². The zero-order chi connectivity index (χ0) is 13.1.